The van der Waals surface area contributed by atoms with Crippen molar-refractivity contribution in [2.24, 2.45) is 0 Å². The molecule has 0 saturated carbocycles. The Hall–Kier alpha value is -3.60. The fourth-order valence-corrected chi connectivity index (χ4v) is 4.43. The second kappa shape index (κ2) is 10.6. The SMILES string of the molecule is CCC(=O)N1CCc2ccc(OC(C)C(=O)NCc3ccccc3)cc2C1c1ccc(C)cc1. The van der Waals surface area contributed by atoms with Gasteiger partial charge >= 0.3 is 0 Å². The summed E-state index contributed by atoms with van der Waals surface area (Å²) in [6.07, 6.45) is 0.625. The first-order valence-corrected chi connectivity index (χ1v) is 11.9. The van der Waals surface area contributed by atoms with Crippen LogP contribution < -0.4 is 10.1 Å². The van der Waals surface area contributed by atoms with Crippen LogP contribution in [0.3, 0.4) is 0 Å². The maximum Gasteiger partial charge on any atom is 0.261 e. The molecular formula is C29H32N2O3. The zero-order valence-corrected chi connectivity index (χ0v) is 20.1. The Morgan fingerprint density at radius 1 is 1.06 bits per heavy atom. The van der Waals surface area contributed by atoms with E-state index >= 15 is 0 Å². The van der Waals surface area contributed by atoms with Crippen molar-refractivity contribution in [2.75, 3.05) is 6.54 Å². The first-order valence-electron chi connectivity index (χ1n) is 11.9. The molecule has 0 saturated heterocycles. The number of ether oxygens (including phenoxy) is 1. The predicted octanol–water partition coefficient (Wildman–Crippen LogP) is 4.96. The van der Waals surface area contributed by atoms with E-state index in [2.05, 4.69) is 42.6 Å². The summed E-state index contributed by atoms with van der Waals surface area (Å²) >= 11 is 0. The molecule has 5 heteroatoms. The summed E-state index contributed by atoms with van der Waals surface area (Å²) in [7, 11) is 0. The van der Waals surface area contributed by atoms with E-state index in [1.165, 1.54) is 11.1 Å². The molecule has 5 nitrogen and oxygen atoms in total. The largest absolute Gasteiger partial charge is 0.481 e. The summed E-state index contributed by atoms with van der Waals surface area (Å²) in [4.78, 5) is 27.4. The lowest BCUT2D eigenvalue weighted by Gasteiger charge is -2.38. The number of rotatable bonds is 7. The number of carbonyl (C=O) groups excluding carboxylic acids is 2. The number of carbonyl (C=O) groups is 2. The number of benzene rings is 3. The van der Waals surface area contributed by atoms with Crippen LogP contribution >= 0.6 is 0 Å². The molecule has 3 aromatic carbocycles. The van der Waals surface area contributed by atoms with E-state index in [9.17, 15) is 9.59 Å². The standard InChI is InChI=1S/C29H32N2O3/c1-4-27(32)31-17-16-23-14-15-25(18-26(23)28(31)24-12-10-20(2)11-13-24)34-21(3)29(33)30-19-22-8-6-5-7-9-22/h5-15,18,21,28H,4,16-17,19H2,1-3H3,(H,30,33). The van der Waals surface area contributed by atoms with Crippen LogP contribution in [-0.4, -0.2) is 29.4 Å². The molecule has 2 amide bonds. The van der Waals surface area contributed by atoms with E-state index < -0.39 is 6.10 Å². The molecule has 0 radical (unpaired) electrons. The smallest absolute Gasteiger partial charge is 0.261 e. The maximum absolute atomic E-state index is 12.8. The Kier molecular flexibility index (Phi) is 7.31. The summed E-state index contributed by atoms with van der Waals surface area (Å²) in [5.41, 5.74) is 5.57. The lowest BCUT2D eigenvalue weighted by Crippen LogP contribution is -2.40. The Labute approximate surface area is 201 Å². The van der Waals surface area contributed by atoms with Crippen LogP contribution in [0.5, 0.6) is 5.75 Å². The third-order valence-electron chi connectivity index (χ3n) is 6.35. The zero-order chi connectivity index (χ0) is 24.1. The average Bonchev–Trinajstić information content (AvgIpc) is 2.87. The van der Waals surface area contributed by atoms with E-state index in [-0.39, 0.29) is 17.9 Å². The van der Waals surface area contributed by atoms with Crippen molar-refractivity contribution in [3.63, 3.8) is 0 Å². The first-order chi connectivity index (χ1) is 16.5. The van der Waals surface area contributed by atoms with E-state index in [4.69, 9.17) is 4.74 Å². The molecule has 3 aromatic rings. The third-order valence-corrected chi connectivity index (χ3v) is 6.35. The summed E-state index contributed by atoms with van der Waals surface area (Å²) < 4.78 is 6.04. The van der Waals surface area contributed by atoms with Crippen LogP contribution in [0.1, 0.15) is 54.1 Å². The van der Waals surface area contributed by atoms with E-state index in [0.717, 1.165) is 23.1 Å². The second-order valence-electron chi connectivity index (χ2n) is 8.83. The van der Waals surface area contributed by atoms with Gasteiger partial charge in [0.2, 0.25) is 5.91 Å². The van der Waals surface area contributed by atoms with Crippen molar-refractivity contribution in [1.29, 1.82) is 0 Å². The molecule has 0 fully saturated rings. The highest BCUT2D eigenvalue weighted by Gasteiger charge is 2.32. The normalized spacial score (nSPS) is 15.9. The monoisotopic (exact) mass is 456 g/mol. The Morgan fingerprint density at radius 3 is 2.50 bits per heavy atom. The van der Waals surface area contributed by atoms with Gasteiger partial charge in [0.1, 0.15) is 5.75 Å². The molecule has 0 aromatic heterocycles. The van der Waals surface area contributed by atoms with Gasteiger partial charge in [-0.2, -0.15) is 0 Å². The van der Waals surface area contributed by atoms with Crippen LogP contribution in [0.25, 0.3) is 0 Å². The van der Waals surface area contributed by atoms with Gasteiger partial charge in [0.15, 0.2) is 6.10 Å². The molecule has 176 valence electrons. The van der Waals surface area contributed by atoms with Crippen molar-refractivity contribution < 1.29 is 14.3 Å². The summed E-state index contributed by atoms with van der Waals surface area (Å²) in [5, 5.41) is 2.93. The quantitative estimate of drug-likeness (QED) is 0.547. The molecule has 2 unspecified atom stereocenters. The molecule has 0 aliphatic carbocycles. The number of amides is 2. The Bertz CT molecular complexity index is 1140. The molecule has 34 heavy (non-hydrogen) atoms. The van der Waals surface area contributed by atoms with Crippen LogP contribution in [0, 0.1) is 6.92 Å². The van der Waals surface area contributed by atoms with Crippen LogP contribution in [0.4, 0.5) is 0 Å². The number of hydrogen-bond acceptors (Lipinski definition) is 3. The van der Waals surface area contributed by atoms with Gasteiger partial charge in [-0.3, -0.25) is 9.59 Å². The van der Waals surface area contributed by atoms with Crippen LogP contribution in [0.2, 0.25) is 0 Å². The highest BCUT2D eigenvalue weighted by Crippen LogP contribution is 2.37. The van der Waals surface area contributed by atoms with Gasteiger partial charge < -0.3 is 15.0 Å². The van der Waals surface area contributed by atoms with Crippen LogP contribution in [-0.2, 0) is 22.6 Å². The minimum atomic E-state index is -0.642. The highest BCUT2D eigenvalue weighted by atomic mass is 16.5. The van der Waals surface area contributed by atoms with Crippen LogP contribution in [0.15, 0.2) is 72.8 Å². The number of aryl methyl sites for hydroxylation is 1. The number of hydrogen-bond donors (Lipinski definition) is 1. The molecule has 0 bridgehead atoms. The molecule has 1 aliphatic heterocycles. The number of nitrogens with one attached hydrogen (secondary N) is 1. The van der Waals surface area contributed by atoms with Crippen molar-refractivity contribution in [2.45, 2.75) is 52.3 Å². The topological polar surface area (TPSA) is 58.6 Å². The minimum Gasteiger partial charge on any atom is -0.481 e. The lowest BCUT2D eigenvalue weighted by atomic mass is 9.87. The average molecular weight is 457 g/mol. The fraction of sp³-hybridized carbons (Fsp3) is 0.310. The second-order valence-corrected chi connectivity index (χ2v) is 8.83. The number of fused-ring (bicyclic) bond motifs is 1. The number of nitrogens with zero attached hydrogens (tertiary/aromatic N) is 1. The van der Waals surface area contributed by atoms with Crippen molar-refractivity contribution in [3.05, 3.63) is 101 Å². The Balaban J connectivity index is 1.55. The summed E-state index contributed by atoms with van der Waals surface area (Å²) in [6, 6.07) is 24.0. The molecule has 1 heterocycles. The van der Waals surface area contributed by atoms with Gasteiger partial charge in [0.25, 0.3) is 5.91 Å². The summed E-state index contributed by atoms with van der Waals surface area (Å²) in [5.74, 6) is 0.597. The molecular weight excluding hydrogens is 424 g/mol. The molecule has 4 rings (SSSR count). The highest BCUT2D eigenvalue weighted by molar-refractivity contribution is 5.80. The lowest BCUT2D eigenvalue weighted by molar-refractivity contribution is -0.133. The van der Waals surface area contributed by atoms with Gasteiger partial charge in [-0.25, -0.2) is 0 Å². The van der Waals surface area contributed by atoms with Gasteiger partial charge in [-0.1, -0.05) is 73.2 Å². The molecule has 0 spiro atoms. The zero-order valence-electron chi connectivity index (χ0n) is 20.1. The fourth-order valence-electron chi connectivity index (χ4n) is 4.43. The van der Waals surface area contributed by atoms with E-state index in [0.29, 0.717) is 25.3 Å². The summed E-state index contributed by atoms with van der Waals surface area (Å²) in [6.45, 7) is 6.87. The third kappa shape index (κ3) is 5.30. The van der Waals surface area contributed by atoms with Crippen molar-refractivity contribution in [3.8, 4) is 5.75 Å². The Morgan fingerprint density at radius 2 is 1.79 bits per heavy atom. The van der Waals surface area contributed by atoms with Gasteiger partial charge in [-0.15, -0.1) is 0 Å². The van der Waals surface area contributed by atoms with Crippen molar-refractivity contribution >= 4 is 11.8 Å². The van der Waals surface area contributed by atoms with Crippen molar-refractivity contribution in [1.82, 2.24) is 10.2 Å². The van der Waals surface area contributed by atoms with E-state index in [1.54, 1.807) is 6.92 Å². The van der Waals surface area contributed by atoms with Gasteiger partial charge in [0, 0.05) is 19.5 Å². The molecule has 1 aliphatic rings. The van der Waals surface area contributed by atoms with Gasteiger partial charge in [-0.05, 0) is 54.7 Å². The predicted molar refractivity (Wildman–Crippen MR) is 134 cm³/mol. The molecule has 1 N–H and O–H groups in total. The maximum atomic E-state index is 12.8. The first kappa shape index (κ1) is 23.6. The molecule has 2 atom stereocenters. The van der Waals surface area contributed by atoms with Gasteiger partial charge in [0.05, 0.1) is 6.04 Å². The van der Waals surface area contributed by atoms with E-state index in [1.807, 2.05) is 54.3 Å². The minimum absolute atomic E-state index is 0.135.